The number of hydrogen-bond donors (Lipinski definition) is 3. The van der Waals surface area contributed by atoms with E-state index in [2.05, 4.69) is 10.6 Å². The Morgan fingerprint density at radius 3 is 2.45 bits per heavy atom. The van der Waals surface area contributed by atoms with Gasteiger partial charge in [0.25, 0.3) is 11.8 Å². The molecule has 0 saturated heterocycles. The van der Waals surface area contributed by atoms with Gasteiger partial charge < -0.3 is 15.5 Å². The maximum absolute atomic E-state index is 13.4. The number of carbonyl (C=O) groups is 2. The molecule has 0 aliphatic carbocycles. The monoisotopic (exact) mass is 318 g/mol. The third-order valence-corrected chi connectivity index (χ3v) is 3.23. The average molecular weight is 318 g/mol. The smallest absolute Gasteiger partial charge is 0.279 e. The van der Waals surface area contributed by atoms with Crippen LogP contribution in [0.1, 0.15) is 13.8 Å². The lowest BCUT2D eigenvalue weighted by Gasteiger charge is -2.20. The van der Waals surface area contributed by atoms with Crippen LogP contribution in [0, 0.1) is 17.5 Å². The summed E-state index contributed by atoms with van der Waals surface area (Å²) >= 11 is 0. The van der Waals surface area contributed by atoms with E-state index in [1.165, 1.54) is 0 Å². The Bertz CT molecular complexity index is 567. The van der Waals surface area contributed by atoms with Crippen molar-refractivity contribution < 1.29 is 27.7 Å². The second kappa shape index (κ2) is 7.79. The number of carbonyl (C=O) groups excluding carboxylic acids is 2. The average Bonchev–Trinajstić information content (AvgIpc) is 2.47. The van der Waals surface area contributed by atoms with E-state index in [-0.39, 0.29) is 12.5 Å². The van der Waals surface area contributed by atoms with E-state index in [9.17, 15) is 22.8 Å². The zero-order valence-corrected chi connectivity index (χ0v) is 12.6. The summed E-state index contributed by atoms with van der Waals surface area (Å²) in [7, 11) is 1.63. The first-order chi connectivity index (χ1) is 10.3. The van der Waals surface area contributed by atoms with Crippen molar-refractivity contribution in [1.82, 2.24) is 5.32 Å². The Balaban J connectivity index is 2.67. The number of likely N-dealkylation sites (N-methyl/N-ethyl adjacent to an activating group) is 2. The van der Waals surface area contributed by atoms with Crippen LogP contribution in [-0.4, -0.2) is 38.0 Å². The van der Waals surface area contributed by atoms with E-state index in [0.717, 1.165) is 12.1 Å². The molecule has 1 aromatic carbocycles. The van der Waals surface area contributed by atoms with Gasteiger partial charge in [0.2, 0.25) is 0 Å². The third kappa shape index (κ3) is 4.45. The fourth-order valence-electron chi connectivity index (χ4n) is 1.77. The SMILES string of the molecule is CCNC(=O)[C@@H](C)[NH+](C)CC(=O)Nc1ccc(F)c(F)c1F. The second-order valence-electron chi connectivity index (χ2n) is 4.91. The lowest BCUT2D eigenvalue weighted by atomic mass is 10.2. The van der Waals surface area contributed by atoms with Crippen molar-refractivity contribution in [2.24, 2.45) is 0 Å². The van der Waals surface area contributed by atoms with Gasteiger partial charge in [-0.05, 0) is 26.0 Å². The molecule has 2 atom stereocenters. The fourth-order valence-corrected chi connectivity index (χ4v) is 1.77. The van der Waals surface area contributed by atoms with Crippen LogP contribution in [-0.2, 0) is 9.59 Å². The minimum atomic E-state index is -1.64. The van der Waals surface area contributed by atoms with Crippen LogP contribution in [0.25, 0.3) is 0 Å². The second-order valence-corrected chi connectivity index (χ2v) is 4.91. The van der Waals surface area contributed by atoms with Gasteiger partial charge in [-0.2, -0.15) is 0 Å². The molecule has 0 aliphatic heterocycles. The van der Waals surface area contributed by atoms with Crippen molar-refractivity contribution in [1.29, 1.82) is 0 Å². The number of benzene rings is 1. The summed E-state index contributed by atoms with van der Waals surface area (Å²) in [6.45, 7) is 3.77. The van der Waals surface area contributed by atoms with Crippen molar-refractivity contribution >= 4 is 17.5 Å². The molecule has 0 bridgehead atoms. The lowest BCUT2D eigenvalue weighted by molar-refractivity contribution is -0.885. The molecule has 0 fully saturated rings. The summed E-state index contributed by atoms with van der Waals surface area (Å²) in [5.41, 5.74) is -0.442. The topological polar surface area (TPSA) is 62.6 Å². The van der Waals surface area contributed by atoms with E-state index in [1.807, 2.05) is 0 Å². The van der Waals surface area contributed by atoms with Gasteiger partial charge in [0.1, 0.15) is 0 Å². The first kappa shape index (κ1) is 18.0. The molecule has 0 heterocycles. The van der Waals surface area contributed by atoms with E-state index >= 15 is 0 Å². The molecule has 3 N–H and O–H groups in total. The van der Waals surface area contributed by atoms with Gasteiger partial charge in [0.15, 0.2) is 30.0 Å². The van der Waals surface area contributed by atoms with Gasteiger partial charge in [-0.15, -0.1) is 0 Å². The molecule has 1 aromatic rings. The Morgan fingerprint density at radius 2 is 1.86 bits per heavy atom. The number of quaternary nitrogens is 1. The molecular formula is C14H19F3N3O2+. The molecule has 0 aliphatic rings. The van der Waals surface area contributed by atoms with E-state index in [4.69, 9.17) is 0 Å². The Morgan fingerprint density at radius 1 is 1.23 bits per heavy atom. The highest BCUT2D eigenvalue weighted by Crippen LogP contribution is 2.19. The molecule has 1 rings (SSSR count). The zero-order chi connectivity index (χ0) is 16.9. The van der Waals surface area contributed by atoms with Crippen LogP contribution in [0.4, 0.5) is 18.9 Å². The highest BCUT2D eigenvalue weighted by molar-refractivity contribution is 5.91. The first-order valence-electron chi connectivity index (χ1n) is 6.81. The number of amides is 2. The third-order valence-electron chi connectivity index (χ3n) is 3.23. The Hall–Kier alpha value is -2.09. The van der Waals surface area contributed by atoms with Gasteiger partial charge >= 0.3 is 0 Å². The number of hydrogen-bond acceptors (Lipinski definition) is 2. The summed E-state index contributed by atoms with van der Waals surface area (Å²) in [5.74, 6) is -5.26. The van der Waals surface area contributed by atoms with Crippen LogP contribution < -0.4 is 15.5 Å². The Labute approximate surface area is 126 Å². The minimum absolute atomic E-state index is 0.128. The minimum Gasteiger partial charge on any atom is -0.351 e. The molecule has 8 heteroatoms. The quantitative estimate of drug-likeness (QED) is 0.651. The molecule has 0 aromatic heterocycles. The molecule has 0 saturated carbocycles. The van der Waals surface area contributed by atoms with Crippen LogP contribution >= 0.6 is 0 Å². The maximum atomic E-state index is 13.4. The molecule has 0 spiro atoms. The summed E-state index contributed by atoms with van der Waals surface area (Å²) in [6, 6.07) is 1.18. The van der Waals surface area contributed by atoms with Crippen molar-refractivity contribution in [2.75, 3.05) is 25.5 Å². The highest BCUT2D eigenvalue weighted by atomic mass is 19.2. The summed E-state index contributed by atoms with van der Waals surface area (Å²) in [6.07, 6.45) is 0. The largest absolute Gasteiger partial charge is 0.351 e. The van der Waals surface area contributed by atoms with Crippen molar-refractivity contribution in [3.8, 4) is 0 Å². The normalized spacial score (nSPS) is 13.4. The van der Waals surface area contributed by atoms with Gasteiger partial charge in [-0.3, -0.25) is 9.59 Å². The first-order valence-corrected chi connectivity index (χ1v) is 6.81. The molecular weight excluding hydrogens is 299 g/mol. The summed E-state index contributed by atoms with van der Waals surface area (Å²) in [5, 5.41) is 4.79. The number of anilines is 1. The fraction of sp³-hybridized carbons (Fsp3) is 0.429. The predicted octanol–water partition coefficient (Wildman–Crippen LogP) is 0.0817. The van der Waals surface area contributed by atoms with Gasteiger partial charge in [-0.25, -0.2) is 13.2 Å². The van der Waals surface area contributed by atoms with Gasteiger partial charge in [0, 0.05) is 6.54 Å². The molecule has 0 radical (unpaired) electrons. The molecule has 5 nitrogen and oxygen atoms in total. The van der Waals surface area contributed by atoms with Crippen molar-refractivity contribution in [2.45, 2.75) is 19.9 Å². The van der Waals surface area contributed by atoms with E-state index < -0.39 is 35.1 Å². The van der Waals surface area contributed by atoms with E-state index in [1.54, 1.807) is 20.9 Å². The Kier molecular flexibility index (Phi) is 6.36. The molecule has 2 amide bonds. The van der Waals surface area contributed by atoms with Crippen molar-refractivity contribution in [3.63, 3.8) is 0 Å². The van der Waals surface area contributed by atoms with E-state index in [0.29, 0.717) is 11.4 Å². The molecule has 1 unspecified atom stereocenters. The summed E-state index contributed by atoms with van der Waals surface area (Å²) in [4.78, 5) is 24.0. The number of rotatable bonds is 6. The molecule has 122 valence electrons. The predicted molar refractivity (Wildman–Crippen MR) is 74.8 cm³/mol. The van der Waals surface area contributed by atoms with Crippen molar-refractivity contribution in [3.05, 3.63) is 29.6 Å². The maximum Gasteiger partial charge on any atom is 0.279 e. The number of nitrogens with one attached hydrogen (secondary N) is 3. The van der Waals surface area contributed by atoms with Gasteiger partial charge in [0.05, 0.1) is 12.7 Å². The lowest BCUT2D eigenvalue weighted by Crippen LogP contribution is -3.15. The van der Waals surface area contributed by atoms with Crippen LogP contribution in [0.15, 0.2) is 12.1 Å². The number of halogens is 3. The van der Waals surface area contributed by atoms with Crippen LogP contribution in [0.5, 0.6) is 0 Å². The highest BCUT2D eigenvalue weighted by Gasteiger charge is 2.24. The standard InChI is InChI=1S/C14H18F3N3O2/c1-4-18-14(22)8(2)20(3)7-11(21)19-10-6-5-9(15)12(16)13(10)17/h5-6,8H,4,7H2,1-3H3,(H,18,22)(H,19,21)/p+1/t8-/m1/s1. The molecule has 22 heavy (non-hydrogen) atoms. The summed E-state index contributed by atoms with van der Waals surface area (Å²) < 4.78 is 39.3. The van der Waals surface area contributed by atoms with Crippen LogP contribution in [0.2, 0.25) is 0 Å². The van der Waals surface area contributed by atoms with Crippen LogP contribution in [0.3, 0.4) is 0 Å². The zero-order valence-electron chi connectivity index (χ0n) is 12.6. The van der Waals surface area contributed by atoms with Gasteiger partial charge in [-0.1, -0.05) is 0 Å².